The van der Waals surface area contributed by atoms with Crippen LogP contribution >= 0.6 is 0 Å². The van der Waals surface area contributed by atoms with Crippen molar-refractivity contribution in [1.29, 1.82) is 0 Å². The average Bonchev–Trinajstić information content (AvgIpc) is 2.65. The Morgan fingerprint density at radius 2 is 1.96 bits per heavy atom. The zero-order chi connectivity index (χ0) is 17.4. The molecule has 0 unspecified atom stereocenters. The fourth-order valence-electron chi connectivity index (χ4n) is 2.56. The van der Waals surface area contributed by atoms with Crippen molar-refractivity contribution in [1.82, 2.24) is 4.90 Å². The number of allylic oxidation sites excluding steroid dienone is 1. The number of aliphatic hydroxyl groups excluding tert-OH is 1. The normalized spacial score (nSPS) is 17.5. The van der Waals surface area contributed by atoms with Crippen molar-refractivity contribution in [2.24, 2.45) is 5.92 Å². The zero-order valence-corrected chi connectivity index (χ0v) is 13.8. The lowest BCUT2D eigenvalue weighted by molar-refractivity contribution is -0.159. The third-order valence-corrected chi connectivity index (χ3v) is 3.96. The number of methoxy groups -OCH3 is 1. The summed E-state index contributed by atoms with van der Waals surface area (Å²) in [7, 11) is 1.25. The molecule has 0 bridgehead atoms. The molecule has 0 radical (unpaired) electrons. The molecule has 1 saturated heterocycles. The number of ether oxygens (including phenoxy) is 2. The van der Waals surface area contributed by atoms with Crippen LogP contribution < -0.4 is 0 Å². The first-order valence-electron chi connectivity index (χ1n) is 7.97. The Morgan fingerprint density at radius 3 is 2.58 bits per heavy atom. The molecule has 2 atom stereocenters. The second-order valence-corrected chi connectivity index (χ2v) is 5.56. The van der Waals surface area contributed by atoms with Crippen molar-refractivity contribution in [2.75, 3.05) is 33.4 Å². The van der Waals surface area contributed by atoms with E-state index in [2.05, 4.69) is 0 Å². The highest BCUT2D eigenvalue weighted by Crippen LogP contribution is 2.17. The Hall–Kier alpha value is -2.18. The molecule has 0 spiro atoms. The number of rotatable bonds is 6. The summed E-state index contributed by atoms with van der Waals surface area (Å²) in [5.74, 6) is -1.98. The summed E-state index contributed by atoms with van der Waals surface area (Å²) < 4.78 is 9.94. The number of hydrogen-bond donors (Lipinski definition) is 1. The second-order valence-electron chi connectivity index (χ2n) is 5.56. The fourth-order valence-corrected chi connectivity index (χ4v) is 2.56. The minimum absolute atomic E-state index is 0.221. The molecular formula is C18H23NO5. The highest BCUT2D eigenvalue weighted by atomic mass is 16.5. The van der Waals surface area contributed by atoms with Crippen LogP contribution in [-0.2, 0) is 19.1 Å². The van der Waals surface area contributed by atoms with Crippen LogP contribution in [0.15, 0.2) is 36.4 Å². The van der Waals surface area contributed by atoms with Crippen LogP contribution in [0.2, 0.25) is 0 Å². The molecule has 1 aromatic carbocycles. The molecule has 1 fully saturated rings. The maximum Gasteiger partial charge on any atom is 0.312 e. The lowest BCUT2D eigenvalue weighted by atomic mass is 9.96. The highest BCUT2D eigenvalue weighted by Gasteiger charge is 2.35. The number of esters is 1. The van der Waals surface area contributed by atoms with Gasteiger partial charge < -0.3 is 19.5 Å². The van der Waals surface area contributed by atoms with Crippen LogP contribution in [-0.4, -0.2) is 61.4 Å². The molecular weight excluding hydrogens is 310 g/mol. The van der Waals surface area contributed by atoms with Gasteiger partial charge in [0.05, 0.1) is 26.2 Å². The molecule has 6 nitrogen and oxygen atoms in total. The van der Waals surface area contributed by atoms with E-state index >= 15 is 0 Å². The summed E-state index contributed by atoms with van der Waals surface area (Å²) in [6.45, 7) is 1.72. The molecule has 1 aromatic rings. The monoisotopic (exact) mass is 333 g/mol. The van der Waals surface area contributed by atoms with Gasteiger partial charge >= 0.3 is 5.97 Å². The molecule has 2 rings (SSSR count). The molecule has 0 saturated carbocycles. The quantitative estimate of drug-likeness (QED) is 0.789. The lowest BCUT2D eigenvalue weighted by Crippen LogP contribution is -2.49. The molecule has 1 heterocycles. The van der Waals surface area contributed by atoms with E-state index < -0.39 is 23.9 Å². The van der Waals surface area contributed by atoms with Gasteiger partial charge in [-0.3, -0.25) is 9.59 Å². The van der Waals surface area contributed by atoms with Gasteiger partial charge in [-0.05, 0) is 12.0 Å². The molecule has 6 heteroatoms. The van der Waals surface area contributed by atoms with Gasteiger partial charge in [0, 0.05) is 13.1 Å². The Morgan fingerprint density at radius 1 is 1.29 bits per heavy atom. The number of benzene rings is 1. The third kappa shape index (κ3) is 4.91. The van der Waals surface area contributed by atoms with Crippen LogP contribution in [0.3, 0.4) is 0 Å². The van der Waals surface area contributed by atoms with E-state index in [1.165, 1.54) is 12.0 Å². The third-order valence-electron chi connectivity index (χ3n) is 3.96. The van der Waals surface area contributed by atoms with Gasteiger partial charge in [0.15, 0.2) is 0 Å². The molecule has 1 aliphatic rings. The van der Waals surface area contributed by atoms with Gasteiger partial charge in [-0.15, -0.1) is 0 Å². The first-order valence-corrected chi connectivity index (χ1v) is 7.97. The topological polar surface area (TPSA) is 76.1 Å². The first-order chi connectivity index (χ1) is 11.6. The summed E-state index contributed by atoms with van der Waals surface area (Å²) in [5.41, 5.74) is 0.982. The number of aliphatic hydroxyl groups is 1. The standard InChI is InChI=1S/C18H23NO5/c1-23-18(22)15(9-5-8-14-6-3-2-4-7-14)16(20)17(21)19-10-12-24-13-11-19/h2-8,15-16,20H,9-13H2,1H3/t15-,16+/m0/s1. The van der Waals surface area contributed by atoms with Gasteiger partial charge in [0.25, 0.3) is 5.91 Å². The van der Waals surface area contributed by atoms with Crippen molar-refractivity contribution < 1.29 is 24.2 Å². The summed E-state index contributed by atoms with van der Waals surface area (Å²) in [6, 6.07) is 9.60. The van der Waals surface area contributed by atoms with Gasteiger partial charge in [-0.25, -0.2) is 0 Å². The van der Waals surface area contributed by atoms with E-state index in [1.54, 1.807) is 6.08 Å². The van der Waals surface area contributed by atoms with Gasteiger partial charge in [-0.2, -0.15) is 0 Å². The minimum atomic E-state index is -1.42. The molecule has 1 aliphatic heterocycles. The largest absolute Gasteiger partial charge is 0.469 e. The van der Waals surface area contributed by atoms with Crippen LogP contribution in [0.25, 0.3) is 6.08 Å². The van der Waals surface area contributed by atoms with Crippen molar-refractivity contribution in [3.05, 3.63) is 42.0 Å². The van der Waals surface area contributed by atoms with E-state index in [0.717, 1.165) is 5.56 Å². The molecule has 130 valence electrons. The van der Waals surface area contributed by atoms with E-state index in [-0.39, 0.29) is 6.42 Å². The predicted molar refractivity (Wildman–Crippen MR) is 89.0 cm³/mol. The van der Waals surface area contributed by atoms with Crippen molar-refractivity contribution in [3.8, 4) is 0 Å². The van der Waals surface area contributed by atoms with Gasteiger partial charge in [0.2, 0.25) is 0 Å². The lowest BCUT2D eigenvalue weighted by Gasteiger charge is -2.30. The summed E-state index contributed by atoms with van der Waals surface area (Å²) in [4.78, 5) is 25.9. The average molecular weight is 333 g/mol. The predicted octanol–water partition coefficient (Wildman–Crippen LogP) is 1.10. The smallest absolute Gasteiger partial charge is 0.312 e. The minimum Gasteiger partial charge on any atom is -0.469 e. The van der Waals surface area contributed by atoms with E-state index in [1.807, 2.05) is 36.4 Å². The molecule has 0 aromatic heterocycles. The first kappa shape index (κ1) is 18.2. The van der Waals surface area contributed by atoms with Crippen LogP contribution in [0.4, 0.5) is 0 Å². The summed E-state index contributed by atoms with van der Waals surface area (Å²) in [6.07, 6.45) is 2.42. The number of carbonyl (C=O) groups excluding carboxylic acids is 2. The van der Waals surface area contributed by atoms with Crippen molar-refractivity contribution in [2.45, 2.75) is 12.5 Å². The number of nitrogens with zero attached hydrogens (tertiary/aromatic N) is 1. The van der Waals surface area contributed by atoms with E-state index in [9.17, 15) is 14.7 Å². The van der Waals surface area contributed by atoms with Gasteiger partial charge in [-0.1, -0.05) is 42.5 Å². The number of amides is 1. The van der Waals surface area contributed by atoms with Crippen LogP contribution in [0.1, 0.15) is 12.0 Å². The van der Waals surface area contributed by atoms with Crippen molar-refractivity contribution >= 4 is 18.0 Å². The second kappa shape index (κ2) is 9.20. The highest BCUT2D eigenvalue weighted by molar-refractivity contribution is 5.87. The molecule has 0 aliphatic carbocycles. The zero-order valence-electron chi connectivity index (χ0n) is 13.8. The summed E-state index contributed by atoms with van der Waals surface area (Å²) >= 11 is 0. The number of carbonyl (C=O) groups is 2. The molecule has 24 heavy (non-hydrogen) atoms. The van der Waals surface area contributed by atoms with E-state index in [4.69, 9.17) is 9.47 Å². The molecule has 1 amide bonds. The number of morpholine rings is 1. The van der Waals surface area contributed by atoms with E-state index in [0.29, 0.717) is 26.3 Å². The van der Waals surface area contributed by atoms with Crippen LogP contribution in [0, 0.1) is 5.92 Å². The Kier molecular flexibility index (Phi) is 6.96. The fraction of sp³-hybridized carbons (Fsp3) is 0.444. The Bertz CT molecular complexity index is 566. The van der Waals surface area contributed by atoms with Crippen LogP contribution in [0.5, 0.6) is 0 Å². The van der Waals surface area contributed by atoms with Crippen molar-refractivity contribution in [3.63, 3.8) is 0 Å². The maximum absolute atomic E-state index is 12.4. The summed E-state index contributed by atoms with van der Waals surface area (Å²) in [5, 5.41) is 10.4. The maximum atomic E-state index is 12.4. The van der Waals surface area contributed by atoms with Gasteiger partial charge in [0.1, 0.15) is 6.10 Å². The number of hydrogen-bond acceptors (Lipinski definition) is 5. The SMILES string of the molecule is COC(=O)[C@@H](CC=Cc1ccccc1)[C@@H](O)C(=O)N1CCOCC1. The Balaban J connectivity index is 2.02. The molecule has 1 N–H and O–H groups in total. The Labute approximate surface area is 141 Å².